The first-order chi connectivity index (χ1) is 9.26. The van der Waals surface area contributed by atoms with Crippen LogP contribution in [0, 0.1) is 0 Å². The molecule has 0 amide bonds. The molecule has 0 radical (unpaired) electrons. The predicted molar refractivity (Wildman–Crippen MR) is 73.1 cm³/mol. The second-order valence-electron chi connectivity index (χ2n) is 3.93. The number of aldehydes is 1. The van der Waals surface area contributed by atoms with E-state index in [1.54, 1.807) is 28.9 Å². The van der Waals surface area contributed by atoms with Crippen molar-refractivity contribution in [1.82, 2.24) is 14.6 Å². The number of rotatable bonds is 3. The third-order valence-corrected chi connectivity index (χ3v) is 2.89. The number of nitrogens with zero attached hydrogens (tertiary/aromatic N) is 3. The smallest absolute Gasteiger partial charge is 0.167 e. The number of aromatic nitrogens is 3. The monoisotopic (exact) mass is 272 g/mol. The van der Waals surface area contributed by atoms with Crippen LogP contribution in [0.2, 0.25) is 5.02 Å². The first kappa shape index (κ1) is 11.7. The minimum atomic E-state index is 0.458. The molecule has 19 heavy (non-hydrogen) atoms. The van der Waals surface area contributed by atoms with Crippen LogP contribution in [0.3, 0.4) is 0 Å². The topological polar surface area (TPSA) is 59.3 Å². The van der Waals surface area contributed by atoms with Crippen LogP contribution in [-0.4, -0.2) is 20.9 Å². The second kappa shape index (κ2) is 4.70. The average molecular weight is 273 g/mol. The Morgan fingerprint density at radius 2 is 2.00 bits per heavy atom. The van der Waals surface area contributed by atoms with E-state index < -0.39 is 0 Å². The number of benzene rings is 1. The van der Waals surface area contributed by atoms with Gasteiger partial charge in [0.25, 0.3) is 0 Å². The maximum absolute atomic E-state index is 10.9. The SMILES string of the molecule is O=Cc1cnn2ccc(Nc3ccc(Cl)cc3)nc12. The molecule has 3 aromatic rings. The molecule has 0 aliphatic heterocycles. The van der Waals surface area contributed by atoms with Gasteiger partial charge >= 0.3 is 0 Å². The Hall–Kier alpha value is -2.40. The zero-order valence-corrected chi connectivity index (χ0v) is 10.5. The number of hydrogen-bond donors (Lipinski definition) is 1. The van der Waals surface area contributed by atoms with Crippen molar-refractivity contribution in [3.8, 4) is 0 Å². The molecule has 5 nitrogen and oxygen atoms in total. The summed E-state index contributed by atoms with van der Waals surface area (Å²) in [4.78, 5) is 15.2. The summed E-state index contributed by atoms with van der Waals surface area (Å²) in [7, 11) is 0. The van der Waals surface area contributed by atoms with E-state index in [9.17, 15) is 4.79 Å². The average Bonchev–Trinajstić information content (AvgIpc) is 2.84. The van der Waals surface area contributed by atoms with Crippen LogP contribution >= 0.6 is 11.6 Å². The van der Waals surface area contributed by atoms with Gasteiger partial charge in [0.15, 0.2) is 11.9 Å². The van der Waals surface area contributed by atoms with Crippen molar-refractivity contribution in [2.24, 2.45) is 0 Å². The molecule has 0 saturated heterocycles. The van der Waals surface area contributed by atoms with Gasteiger partial charge in [-0.2, -0.15) is 5.10 Å². The molecule has 0 aliphatic carbocycles. The molecule has 0 aliphatic rings. The number of carbonyl (C=O) groups excluding carboxylic acids is 1. The van der Waals surface area contributed by atoms with Crippen LogP contribution in [0.5, 0.6) is 0 Å². The van der Waals surface area contributed by atoms with Gasteiger partial charge in [-0.3, -0.25) is 4.79 Å². The van der Waals surface area contributed by atoms with Gasteiger partial charge in [0, 0.05) is 16.9 Å². The normalized spacial score (nSPS) is 10.6. The van der Waals surface area contributed by atoms with E-state index >= 15 is 0 Å². The highest BCUT2D eigenvalue weighted by molar-refractivity contribution is 6.30. The van der Waals surface area contributed by atoms with Crippen LogP contribution in [0.15, 0.2) is 42.7 Å². The second-order valence-corrected chi connectivity index (χ2v) is 4.37. The van der Waals surface area contributed by atoms with Crippen molar-refractivity contribution in [1.29, 1.82) is 0 Å². The number of fused-ring (bicyclic) bond motifs is 1. The molecule has 0 unspecified atom stereocenters. The lowest BCUT2D eigenvalue weighted by atomic mass is 10.3. The molecule has 6 heteroatoms. The van der Waals surface area contributed by atoms with Gasteiger partial charge in [-0.05, 0) is 30.3 Å². The Balaban J connectivity index is 1.96. The molecule has 0 atom stereocenters. The highest BCUT2D eigenvalue weighted by Gasteiger charge is 2.05. The summed E-state index contributed by atoms with van der Waals surface area (Å²) in [6.45, 7) is 0. The van der Waals surface area contributed by atoms with E-state index in [-0.39, 0.29) is 0 Å². The predicted octanol–water partition coefficient (Wildman–Crippen LogP) is 2.94. The van der Waals surface area contributed by atoms with E-state index in [1.807, 2.05) is 12.1 Å². The van der Waals surface area contributed by atoms with Crippen LogP contribution in [-0.2, 0) is 0 Å². The van der Waals surface area contributed by atoms with Crippen LogP contribution in [0.1, 0.15) is 10.4 Å². The maximum Gasteiger partial charge on any atom is 0.167 e. The molecule has 0 fully saturated rings. The lowest BCUT2D eigenvalue weighted by Crippen LogP contribution is -1.97. The molecule has 1 N–H and O–H groups in total. The van der Waals surface area contributed by atoms with E-state index in [2.05, 4.69) is 15.4 Å². The minimum absolute atomic E-state index is 0.458. The summed E-state index contributed by atoms with van der Waals surface area (Å²) in [6.07, 6.45) is 3.97. The van der Waals surface area contributed by atoms with Gasteiger partial charge in [0.2, 0.25) is 0 Å². The summed E-state index contributed by atoms with van der Waals surface area (Å²) in [5.74, 6) is 0.637. The van der Waals surface area contributed by atoms with Crippen molar-refractivity contribution in [2.75, 3.05) is 5.32 Å². The Kier molecular flexibility index (Phi) is 2.89. The summed E-state index contributed by atoms with van der Waals surface area (Å²) < 4.78 is 1.55. The fourth-order valence-electron chi connectivity index (χ4n) is 1.72. The molecular weight excluding hydrogens is 264 g/mol. The standard InChI is InChI=1S/C13H9ClN4O/c14-10-1-3-11(4-2-10)16-12-5-6-18-13(17-12)9(8-19)7-15-18/h1-8H,(H,16,17). The lowest BCUT2D eigenvalue weighted by Gasteiger charge is -2.05. The molecule has 0 saturated carbocycles. The third-order valence-electron chi connectivity index (χ3n) is 2.64. The van der Waals surface area contributed by atoms with Gasteiger partial charge in [-0.1, -0.05) is 11.6 Å². The van der Waals surface area contributed by atoms with Gasteiger partial charge < -0.3 is 5.32 Å². The molecule has 0 bridgehead atoms. The largest absolute Gasteiger partial charge is 0.340 e. The Bertz CT molecular complexity index is 736. The van der Waals surface area contributed by atoms with Gasteiger partial charge in [-0.25, -0.2) is 9.50 Å². The van der Waals surface area contributed by atoms with Gasteiger partial charge in [-0.15, -0.1) is 0 Å². The van der Waals surface area contributed by atoms with E-state index in [0.717, 1.165) is 12.0 Å². The molecule has 0 spiro atoms. The summed E-state index contributed by atoms with van der Waals surface area (Å²) in [5.41, 5.74) is 1.85. The fourth-order valence-corrected chi connectivity index (χ4v) is 1.85. The van der Waals surface area contributed by atoms with Crippen molar-refractivity contribution >= 4 is 35.0 Å². The Labute approximate surface area is 113 Å². The van der Waals surface area contributed by atoms with Crippen molar-refractivity contribution < 1.29 is 4.79 Å². The lowest BCUT2D eigenvalue weighted by molar-refractivity contribution is 0.112. The van der Waals surface area contributed by atoms with Crippen LogP contribution < -0.4 is 5.32 Å². The third kappa shape index (κ3) is 2.28. The minimum Gasteiger partial charge on any atom is -0.340 e. The maximum atomic E-state index is 10.9. The first-order valence-corrected chi connectivity index (χ1v) is 5.96. The van der Waals surface area contributed by atoms with Crippen LogP contribution in [0.4, 0.5) is 11.5 Å². The first-order valence-electron chi connectivity index (χ1n) is 5.58. The Morgan fingerprint density at radius 1 is 1.21 bits per heavy atom. The number of halogens is 1. The zero-order valence-electron chi connectivity index (χ0n) is 9.75. The van der Waals surface area contributed by atoms with Crippen molar-refractivity contribution in [3.05, 3.63) is 53.3 Å². The van der Waals surface area contributed by atoms with Gasteiger partial charge in [0.05, 0.1) is 11.8 Å². The number of anilines is 2. The van der Waals surface area contributed by atoms with Gasteiger partial charge in [0.1, 0.15) is 5.82 Å². The molecular formula is C13H9ClN4O. The summed E-state index contributed by atoms with van der Waals surface area (Å²) in [5, 5.41) is 7.84. The van der Waals surface area contributed by atoms with Crippen LogP contribution in [0.25, 0.3) is 5.65 Å². The van der Waals surface area contributed by atoms with E-state index in [0.29, 0.717) is 22.1 Å². The summed E-state index contributed by atoms with van der Waals surface area (Å²) in [6, 6.07) is 9.07. The summed E-state index contributed by atoms with van der Waals surface area (Å²) >= 11 is 5.82. The molecule has 2 aromatic heterocycles. The van der Waals surface area contributed by atoms with Crippen molar-refractivity contribution in [3.63, 3.8) is 0 Å². The highest BCUT2D eigenvalue weighted by Crippen LogP contribution is 2.18. The zero-order chi connectivity index (χ0) is 13.2. The quantitative estimate of drug-likeness (QED) is 0.745. The fraction of sp³-hybridized carbons (Fsp3) is 0. The molecule has 94 valence electrons. The van der Waals surface area contributed by atoms with Crippen molar-refractivity contribution in [2.45, 2.75) is 0 Å². The molecule has 3 rings (SSSR count). The highest BCUT2D eigenvalue weighted by atomic mass is 35.5. The van der Waals surface area contributed by atoms with E-state index in [4.69, 9.17) is 11.6 Å². The Morgan fingerprint density at radius 3 is 2.74 bits per heavy atom. The number of hydrogen-bond acceptors (Lipinski definition) is 4. The molecule has 2 heterocycles. The number of carbonyl (C=O) groups is 1. The molecule has 1 aromatic carbocycles. The number of nitrogens with one attached hydrogen (secondary N) is 1. The van der Waals surface area contributed by atoms with E-state index in [1.165, 1.54) is 6.20 Å².